The van der Waals surface area contributed by atoms with E-state index in [1.54, 1.807) is 20.0 Å². The molecule has 1 aromatic rings. The molecule has 0 aliphatic carbocycles. The maximum Gasteiger partial charge on any atom is 0.242 e. The first-order chi connectivity index (χ1) is 12.2. The highest BCUT2D eigenvalue weighted by molar-refractivity contribution is 5.85. The van der Waals surface area contributed by atoms with Gasteiger partial charge in [-0.3, -0.25) is 9.59 Å². The lowest BCUT2D eigenvalue weighted by atomic mass is 10.1. The third-order valence-electron chi connectivity index (χ3n) is 3.45. The standard InChI is InChI=1S/C19H34N6O2/c1-11-10-20-17(22-13(3)16(27)25-19(7,8)9)23-14(11)21-12(2)15(26)24-18(4,5)6/h10,12-13H,1-9H3,(H,24,26)(H,25,27)(H2,20,21,22,23). The Morgan fingerprint density at radius 2 is 1.33 bits per heavy atom. The lowest BCUT2D eigenvalue weighted by Crippen LogP contribution is -2.47. The fourth-order valence-corrected chi connectivity index (χ4v) is 2.14. The van der Waals surface area contributed by atoms with Crippen molar-refractivity contribution >= 4 is 23.6 Å². The third kappa shape index (κ3) is 8.23. The van der Waals surface area contributed by atoms with Crippen LogP contribution in [-0.4, -0.2) is 44.9 Å². The van der Waals surface area contributed by atoms with E-state index >= 15 is 0 Å². The first-order valence-electron chi connectivity index (χ1n) is 9.19. The molecular weight excluding hydrogens is 344 g/mol. The highest BCUT2D eigenvalue weighted by Gasteiger charge is 2.22. The van der Waals surface area contributed by atoms with Crippen LogP contribution in [0.1, 0.15) is 61.0 Å². The average molecular weight is 379 g/mol. The second-order valence-electron chi connectivity index (χ2n) is 8.94. The maximum atomic E-state index is 12.3. The smallest absolute Gasteiger partial charge is 0.242 e. The third-order valence-corrected chi connectivity index (χ3v) is 3.45. The fourth-order valence-electron chi connectivity index (χ4n) is 2.14. The minimum atomic E-state index is -0.499. The molecule has 27 heavy (non-hydrogen) atoms. The molecule has 0 aromatic carbocycles. The van der Waals surface area contributed by atoms with Gasteiger partial charge in [-0.25, -0.2) is 4.98 Å². The van der Waals surface area contributed by atoms with Gasteiger partial charge in [-0.15, -0.1) is 0 Å². The van der Waals surface area contributed by atoms with Crippen LogP contribution in [-0.2, 0) is 9.59 Å². The van der Waals surface area contributed by atoms with Crippen molar-refractivity contribution in [1.29, 1.82) is 0 Å². The van der Waals surface area contributed by atoms with Crippen molar-refractivity contribution in [3.8, 4) is 0 Å². The van der Waals surface area contributed by atoms with E-state index in [-0.39, 0.29) is 22.9 Å². The largest absolute Gasteiger partial charge is 0.358 e. The van der Waals surface area contributed by atoms with Gasteiger partial charge in [-0.2, -0.15) is 4.98 Å². The highest BCUT2D eigenvalue weighted by atomic mass is 16.2. The number of carbonyl (C=O) groups excluding carboxylic acids is 2. The molecule has 0 saturated heterocycles. The average Bonchev–Trinajstić information content (AvgIpc) is 2.47. The monoisotopic (exact) mass is 378 g/mol. The molecule has 0 aliphatic rings. The van der Waals surface area contributed by atoms with Crippen molar-refractivity contribution in [2.24, 2.45) is 0 Å². The number of aryl methyl sites for hydroxylation is 1. The Kier molecular flexibility index (Phi) is 7.17. The molecule has 0 radical (unpaired) electrons. The van der Waals surface area contributed by atoms with Gasteiger partial charge in [0.2, 0.25) is 17.8 Å². The number of anilines is 2. The summed E-state index contributed by atoms with van der Waals surface area (Å²) in [4.78, 5) is 33.1. The second-order valence-corrected chi connectivity index (χ2v) is 8.94. The van der Waals surface area contributed by atoms with Crippen LogP contribution in [0.3, 0.4) is 0 Å². The van der Waals surface area contributed by atoms with Crippen molar-refractivity contribution in [2.45, 2.75) is 85.5 Å². The molecule has 152 valence electrons. The van der Waals surface area contributed by atoms with Crippen molar-refractivity contribution < 1.29 is 9.59 Å². The molecule has 1 heterocycles. The molecule has 1 aromatic heterocycles. The molecule has 4 N–H and O–H groups in total. The zero-order valence-corrected chi connectivity index (χ0v) is 17.9. The van der Waals surface area contributed by atoms with E-state index in [2.05, 4.69) is 31.2 Å². The van der Waals surface area contributed by atoms with Gasteiger partial charge < -0.3 is 21.3 Å². The van der Waals surface area contributed by atoms with Crippen molar-refractivity contribution in [2.75, 3.05) is 10.6 Å². The fraction of sp³-hybridized carbons (Fsp3) is 0.684. The molecule has 2 amide bonds. The van der Waals surface area contributed by atoms with Gasteiger partial charge in [0.05, 0.1) is 0 Å². The van der Waals surface area contributed by atoms with Crippen molar-refractivity contribution in [1.82, 2.24) is 20.6 Å². The van der Waals surface area contributed by atoms with E-state index < -0.39 is 12.1 Å². The summed E-state index contributed by atoms with van der Waals surface area (Å²) in [7, 11) is 0. The molecule has 0 spiro atoms. The summed E-state index contributed by atoms with van der Waals surface area (Å²) in [6.45, 7) is 16.9. The zero-order valence-electron chi connectivity index (χ0n) is 17.9. The minimum absolute atomic E-state index is 0.118. The molecule has 0 aliphatic heterocycles. The summed E-state index contributed by atoms with van der Waals surface area (Å²) < 4.78 is 0. The highest BCUT2D eigenvalue weighted by Crippen LogP contribution is 2.15. The molecule has 2 atom stereocenters. The normalized spacial score (nSPS) is 14.1. The molecule has 1 rings (SSSR count). The van der Waals surface area contributed by atoms with Crippen LogP contribution < -0.4 is 21.3 Å². The molecular formula is C19H34N6O2. The van der Waals surface area contributed by atoms with Crippen LogP contribution in [0.25, 0.3) is 0 Å². The first kappa shape index (κ1) is 22.7. The number of rotatable bonds is 6. The Balaban J connectivity index is 2.82. The van der Waals surface area contributed by atoms with E-state index in [0.717, 1.165) is 5.56 Å². The zero-order chi connectivity index (χ0) is 21.0. The summed E-state index contributed by atoms with van der Waals surface area (Å²) in [5, 5.41) is 11.9. The topological polar surface area (TPSA) is 108 Å². The molecule has 0 fully saturated rings. The van der Waals surface area contributed by atoms with Gasteiger partial charge in [0, 0.05) is 22.8 Å². The van der Waals surface area contributed by atoms with Gasteiger partial charge in [-0.1, -0.05) is 0 Å². The van der Waals surface area contributed by atoms with Crippen LogP contribution in [0.15, 0.2) is 6.20 Å². The van der Waals surface area contributed by atoms with E-state index in [1.807, 2.05) is 48.5 Å². The Morgan fingerprint density at radius 3 is 1.78 bits per heavy atom. The number of aromatic nitrogens is 2. The van der Waals surface area contributed by atoms with Crippen LogP contribution in [0.2, 0.25) is 0 Å². The summed E-state index contributed by atoms with van der Waals surface area (Å²) >= 11 is 0. The number of amides is 2. The Bertz CT molecular complexity index is 676. The Morgan fingerprint density at radius 1 is 0.889 bits per heavy atom. The van der Waals surface area contributed by atoms with Crippen LogP contribution in [0, 0.1) is 6.92 Å². The van der Waals surface area contributed by atoms with Crippen molar-refractivity contribution in [3.63, 3.8) is 0 Å². The van der Waals surface area contributed by atoms with Gasteiger partial charge in [0.25, 0.3) is 0 Å². The first-order valence-corrected chi connectivity index (χ1v) is 9.19. The van der Waals surface area contributed by atoms with E-state index in [4.69, 9.17) is 0 Å². The summed E-state index contributed by atoms with van der Waals surface area (Å²) in [5.41, 5.74) is 0.183. The number of hydrogen-bond donors (Lipinski definition) is 4. The van der Waals surface area contributed by atoms with Crippen LogP contribution in [0.4, 0.5) is 11.8 Å². The molecule has 0 bridgehead atoms. The maximum absolute atomic E-state index is 12.3. The predicted octanol–water partition coefficient (Wildman–Crippen LogP) is 2.22. The van der Waals surface area contributed by atoms with Crippen LogP contribution in [0.5, 0.6) is 0 Å². The number of hydrogen-bond acceptors (Lipinski definition) is 6. The van der Waals surface area contributed by atoms with E-state index in [9.17, 15) is 9.59 Å². The summed E-state index contributed by atoms with van der Waals surface area (Å²) in [5.74, 6) is 0.614. The quantitative estimate of drug-likeness (QED) is 0.604. The predicted molar refractivity (Wildman–Crippen MR) is 109 cm³/mol. The molecule has 0 saturated carbocycles. The number of nitrogens with one attached hydrogen (secondary N) is 4. The van der Waals surface area contributed by atoms with Gasteiger partial charge in [0.15, 0.2) is 0 Å². The Labute approximate surface area is 162 Å². The minimum Gasteiger partial charge on any atom is -0.358 e. The number of carbonyl (C=O) groups is 2. The van der Waals surface area contributed by atoms with Gasteiger partial charge in [0.1, 0.15) is 17.9 Å². The van der Waals surface area contributed by atoms with Gasteiger partial charge >= 0.3 is 0 Å². The lowest BCUT2D eigenvalue weighted by molar-refractivity contribution is -0.123. The summed E-state index contributed by atoms with van der Waals surface area (Å²) in [6, 6.07) is -0.964. The SMILES string of the molecule is Cc1cnc(NC(C)C(=O)NC(C)(C)C)nc1NC(C)C(=O)NC(C)(C)C. The Hall–Kier alpha value is -2.38. The number of nitrogens with zero attached hydrogens (tertiary/aromatic N) is 2. The molecule has 2 unspecified atom stereocenters. The van der Waals surface area contributed by atoms with E-state index in [0.29, 0.717) is 11.8 Å². The summed E-state index contributed by atoms with van der Waals surface area (Å²) in [6.07, 6.45) is 1.65. The van der Waals surface area contributed by atoms with E-state index in [1.165, 1.54) is 0 Å². The lowest BCUT2D eigenvalue weighted by Gasteiger charge is -2.25. The second kappa shape index (κ2) is 8.54. The molecule has 8 heteroatoms. The van der Waals surface area contributed by atoms with Crippen LogP contribution >= 0.6 is 0 Å². The van der Waals surface area contributed by atoms with Gasteiger partial charge in [-0.05, 0) is 62.3 Å². The molecule has 8 nitrogen and oxygen atoms in total. The van der Waals surface area contributed by atoms with Crippen molar-refractivity contribution in [3.05, 3.63) is 11.8 Å².